The summed E-state index contributed by atoms with van der Waals surface area (Å²) in [6.07, 6.45) is -5.67. The third-order valence-electron chi connectivity index (χ3n) is 7.01. The van der Waals surface area contributed by atoms with Crippen LogP contribution in [-0.2, 0) is 20.8 Å². The van der Waals surface area contributed by atoms with E-state index in [0.717, 1.165) is 5.56 Å². The Balaban J connectivity index is 1.56. The Kier molecular flexibility index (Phi) is 7.36. The van der Waals surface area contributed by atoms with Gasteiger partial charge in [-0.2, -0.15) is 0 Å². The predicted molar refractivity (Wildman–Crippen MR) is 119 cm³/mol. The van der Waals surface area contributed by atoms with E-state index in [2.05, 4.69) is 16.0 Å². The van der Waals surface area contributed by atoms with Crippen LogP contribution >= 0.6 is 11.6 Å². The highest BCUT2D eigenvalue weighted by molar-refractivity contribution is 6.30. The summed E-state index contributed by atoms with van der Waals surface area (Å²) in [5, 5.41) is 54.5. The Morgan fingerprint density at radius 2 is 1.67 bits per heavy atom. The topological polar surface area (TPSA) is 145 Å². The van der Waals surface area contributed by atoms with E-state index in [1.165, 1.54) is 0 Å². The fourth-order valence-electron chi connectivity index (χ4n) is 5.24. The average Bonchev–Trinajstić information content (AvgIpc) is 2.76. The summed E-state index contributed by atoms with van der Waals surface area (Å²) in [6.45, 7) is 2.20. The Bertz CT molecular complexity index is 820. The maximum absolute atomic E-state index is 11.6. The average molecular weight is 488 g/mol. The summed E-state index contributed by atoms with van der Waals surface area (Å²) in [5.41, 5.74) is -0.805. The van der Waals surface area contributed by atoms with Crippen LogP contribution < -0.4 is 16.0 Å². The molecule has 0 bridgehead atoms. The zero-order chi connectivity index (χ0) is 24.0. The summed E-state index contributed by atoms with van der Waals surface area (Å²) in [6, 6.07) is 5.94. The van der Waals surface area contributed by atoms with Gasteiger partial charge in [-0.3, -0.25) is 0 Å². The van der Waals surface area contributed by atoms with E-state index in [-0.39, 0.29) is 13.0 Å². The SMILES string of the molecule is CN[C@@H]1[C@H](O)[C@H](NC)[C@H]2O[C@]3(O)C(OC2[C@H]1O)O[C@H](C)CC3(O)CNCc1ccc(Cl)cc1. The fraction of sp³-hybridized carbons (Fsp3) is 0.727. The van der Waals surface area contributed by atoms with Crippen molar-refractivity contribution in [1.29, 1.82) is 0 Å². The van der Waals surface area contributed by atoms with Gasteiger partial charge in [-0.15, -0.1) is 0 Å². The Labute approximate surface area is 198 Å². The molecule has 0 amide bonds. The smallest absolute Gasteiger partial charge is 0.249 e. The second kappa shape index (κ2) is 9.63. The molecule has 2 heterocycles. The molecule has 33 heavy (non-hydrogen) atoms. The van der Waals surface area contributed by atoms with Crippen molar-refractivity contribution in [2.24, 2.45) is 0 Å². The van der Waals surface area contributed by atoms with E-state index < -0.39 is 60.3 Å². The molecule has 1 aromatic carbocycles. The number of rotatable bonds is 6. The second-order valence-electron chi connectivity index (χ2n) is 9.23. The number of halogens is 1. The van der Waals surface area contributed by atoms with Crippen LogP contribution in [0.4, 0.5) is 0 Å². The lowest BCUT2D eigenvalue weighted by Gasteiger charge is -2.60. The third kappa shape index (κ3) is 4.43. The molecule has 2 aliphatic heterocycles. The number of nitrogens with one attached hydrogen (secondary N) is 3. The molecular weight excluding hydrogens is 454 g/mol. The normalized spacial score (nSPS) is 45.3. The minimum atomic E-state index is -2.23. The predicted octanol–water partition coefficient (Wildman–Crippen LogP) is -1.32. The largest absolute Gasteiger partial charge is 0.390 e. The first kappa shape index (κ1) is 25.2. The first-order valence-electron chi connectivity index (χ1n) is 11.2. The highest BCUT2D eigenvalue weighted by atomic mass is 35.5. The zero-order valence-corrected chi connectivity index (χ0v) is 19.7. The van der Waals surface area contributed by atoms with E-state index >= 15 is 0 Å². The van der Waals surface area contributed by atoms with Crippen molar-refractivity contribution in [3.8, 4) is 0 Å². The third-order valence-corrected chi connectivity index (χ3v) is 7.26. The van der Waals surface area contributed by atoms with E-state index in [0.29, 0.717) is 11.6 Å². The van der Waals surface area contributed by atoms with Crippen LogP contribution in [-0.4, -0.2) is 101 Å². The monoisotopic (exact) mass is 487 g/mol. The van der Waals surface area contributed by atoms with Gasteiger partial charge in [0.05, 0.1) is 24.3 Å². The minimum absolute atomic E-state index is 0.00839. The van der Waals surface area contributed by atoms with Crippen molar-refractivity contribution >= 4 is 11.6 Å². The van der Waals surface area contributed by atoms with Crippen molar-refractivity contribution in [2.45, 2.75) is 80.2 Å². The maximum atomic E-state index is 11.6. The van der Waals surface area contributed by atoms with Gasteiger partial charge < -0.3 is 50.6 Å². The van der Waals surface area contributed by atoms with Gasteiger partial charge in [-0.1, -0.05) is 23.7 Å². The van der Waals surface area contributed by atoms with Crippen molar-refractivity contribution < 1.29 is 34.6 Å². The van der Waals surface area contributed by atoms with Crippen molar-refractivity contribution in [3.63, 3.8) is 0 Å². The van der Waals surface area contributed by atoms with Crippen LogP contribution in [0, 0.1) is 0 Å². The standard InChI is InChI=1S/C22H34ClN3O7/c1-11-8-21(29,10-26-9-12-4-6-13(23)7-5-12)22(30)20(31-11)32-19-17(28)14(24-2)16(27)15(25-3)18(19)33-22/h4-7,11,14-20,24-30H,8-10H2,1-3H3/t11-,14-,15+,16+,17+,18-,19?,20?,21?,22-/m1/s1. The maximum Gasteiger partial charge on any atom is 0.249 e. The first-order valence-corrected chi connectivity index (χ1v) is 11.6. The van der Waals surface area contributed by atoms with Crippen molar-refractivity contribution in [2.75, 3.05) is 20.6 Å². The number of ether oxygens (including phenoxy) is 3. The Hall–Kier alpha value is -0.890. The van der Waals surface area contributed by atoms with E-state index in [9.17, 15) is 20.4 Å². The molecule has 0 radical (unpaired) electrons. The van der Waals surface area contributed by atoms with Gasteiger partial charge in [0.2, 0.25) is 12.1 Å². The summed E-state index contributed by atoms with van der Waals surface area (Å²) in [4.78, 5) is 0. The molecule has 3 aliphatic rings. The molecule has 7 N–H and O–H groups in total. The number of fused-ring (bicyclic) bond motifs is 2. The summed E-state index contributed by atoms with van der Waals surface area (Å²) in [7, 11) is 3.28. The van der Waals surface area contributed by atoms with Gasteiger partial charge in [-0.05, 0) is 38.7 Å². The van der Waals surface area contributed by atoms with Crippen LogP contribution in [0.2, 0.25) is 5.02 Å². The lowest BCUT2D eigenvalue weighted by molar-refractivity contribution is -0.482. The van der Waals surface area contributed by atoms with Crippen molar-refractivity contribution in [1.82, 2.24) is 16.0 Å². The van der Waals surface area contributed by atoms with Crippen LogP contribution in [0.1, 0.15) is 18.9 Å². The molecule has 2 saturated heterocycles. The fourth-order valence-corrected chi connectivity index (χ4v) is 5.37. The minimum Gasteiger partial charge on any atom is -0.390 e. The van der Waals surface area contributed by atoms with E-state index in [1.807, 2.05) is 12.1 Å². The lowest BCUT2D eigenvalue weighted by atomic mass is 9.77. The number of likely N-dealkylation sites (N-methyl/N-ethyl adjacent to an activating group) is 2. The van der Waals surface area contributed by atoms with E-state index in [1.54, 1.807) is 33.2 Å². The second-order valence-corrected chi connectivity index (χ2v) is 9.67. The lowest BCUT2D eigenvalue weighted by Crippen LogP contribution is -2.81. The van der Waals surface area contributed by atoms with Crippen LogP contribution in [0.5, 0.6) is 0 Å². The summed E-state index contributed by atoms with van der Waals surface area (Å²) in [5.74, 6) is -2.23. The number of benzene rings is 1. The molecule has 11 heteroatoms. The molecule has 3 unspecified atom stereocenters. The van der Waals surface area contributed by atoms with Crippen LogP contribution in [0.25, 0.3) is 0 Å². The summed E-state index contributed by atoms with van der Waals surface area (Å²) >= 11 is 5.94. The molecule has 4 rings (SSSR count). The zero-order valence-electron chi connectivity index (χ0n) is 18.9. The van der Waals surface area contributed by atoms with Gasteiger partial charge in [0.25, 0.3) is 0 Å². The Morgan fingerprint density at radius 1 is 1.00 bits per heavy atom. The van der Waals surface area contributed by atoms with E-state index in [4.69, 9.17) is 25.8 Å². The number of hydrogen-bond acceptors (Lipinski definition) is 10. The molecule has 10 atom stereocenters. The molecular formula is C22H34ClN3O7. The molecule has 186 valence electrons. The highest BCUT2D eigenvalue weighted by Crippen LogP contribution is 2.46. The van der Waals surface area contributed by atoms with Gasteiger partial charge in [0.1, 0.15) is 23.9 Å². The quantitative estimate of drug-likeness (QED) is 0.258. The Morgan fingerprint density at radius 3 is 2.30 bits per heavy atom. The first-order chi connectivity index (χ1) is 15.6. The van der Waals surface area contributed by atoms with Gasteiger partial charge in [0.15, 0.2) is 0 Å². The molecule has 1 saturated carbocycles. The molecule has 3 fully saturated rings. The van der Waals surface area contributed by atoms with Crippen LogP contribution in [0.15, 0.2) is 24.3 Å². The number of aliphatic hydroxyl groups excluding tert-OH is 2. The number of aliphatic hydroxyl groups is 4. The van der Waals surface area contributed by atoms with Gasteiger partial charge in [0, 0.05) is 24.5 Å². The molecule has 1 aromatic rings. The molecule has 0 aromatic heterocycles. The van der Waals surface area contributed by atoms with Crippen molar-refractivity contribution in [3.05, 3.63) is 34.9 Å². The molecule has 1 aliphatic carbocycles. The molecule has 10 nitrogen and oxygen atoms in total. The number of hydrogen-bond donors (Lipinski definition) is 7. The van der Waals surface area contributed by atoms with Crippen LogP contribution in [0.3, 0.4) is 0 Å². The van der Waals surface area contributed by atoms with Gasteiger partial charge >= 0.3 is 0 Å². The highest BCUT2D eigenvalue weighted by Gasteiger charge is 2.68. The van der Waals surface area contributed by atoms with Gasteiger partial charge in [-0.25, -0.2) is 0 Å². The summed E-state index contributed by atoms with van der Waals surface area (Å²) < 4.78 is 17.9. The molecule has 0 spiro atoms.